The number of rotatable bonds is 9. The summed E-state index contributed by atoms with van der Waals surface area (Å²) in [4.78, 5) is 11.7. The molecular weight excluding hydrogens is 234 g/mol. The SMILES string of the molecule is CCCCC(C)CCC(C)CNC(=O)CC(C)(C)C. The summed E-state index contributed by atoms with van der Waals surface area (Å²) in [6, 6.07) is 0. The first-order valence-electron chi connectivity index (χ1n) is 8.01. The van der Waals surface area contributed by atoms with Crippen molar-refractivity contribution in [2.75, 3.05) is 6.54 Å². The van der Waals surface area contributed by atoms with Gasteiger partial charge in [0, 0.05) is 13.0 Å². The number of nitrogens with one attached hydrogen (secondary N) is 1. The molecule has 0 saturated heterocycles. The van der Waals surface area contributed by atoms with Crippen LogP contribution in [0, 0.1) is 17.3 Å². The van der Waals surface area contributed by atoms with E-state index in [1.54, 1.807) is 0 Å². The summed E-state index contributed by atoms with van der Waals surface area (Å²) >= 11 is 0. The zero-order valence-electron chi connectivity index (χ0n) is 14.0. The molecule has 0 aliphatic heterocycles. The quantitative estimate of drug-likeness (QED) is 0.641. The van der Waals surface area contributed by atoms with Gasteiger partial charge in [0.1, 0.15) is 0 Å². The molecule has 0 radical (unpaired) electrons. The van der Waals surface area contributed by atoms with Gasteiger partial charge in [0.15, 0.2) is 0 Å². The Morgan fingerprint density at radius 2 is 1.63 bits per heavy atom. The van der Waals surface area contributed by atoms with E-state index in [2.05, 4.69) is 46.9 Å². The highest BCUT2D eigenvalue weighted by atomic mass is 16.1. The summed E-state index contributed by atoms with van der Waals surface area (Å²) < 4.78 is 0. The molecule has 2 atom stereocenters. The topological polar surface area (TPSA) is 29.1 Å². The minimum atomic E-state index is 0.0853. The van der Waals surface area contributed by atoms with E-state index in [1.165, 1.54) is 32.1 Å². The zero-order valence-corrected chi connectivity index (χ0v) is 14.0. The molecule has 0 heterocycles. The fraction of sp³-hybridized carbons (Fsp3) is 0.941. The van der Waals surface area contributed by atoms with Crippen LogP contribution in [0.15, 0.2) is 0 Å². The first kappa shape index (κ1) is 18.5. The van der Waals surface area contributed by atoms with Crippen molar-refractivity contribution >= 4 is 5.91 Å². The van der Waals surface area contributed by atoms with Crippen LogP contribution in [-0.2, 0) is 4.79 Å². The second kappa shape index (κ2) is 9.39. The molecule has 1 amide bonds. The Bertz CT molecular complexity index is 242. The lowest BCUT2D eigenvalue weighted by Crippen LogP contribution is -2.31. The Hall–Kier alpha value is -0.530. The van der Waals surface area contributed by atoms with Crippen LogP contribution in [0.4, 0.5) is 0 Å². The van der Waals surface area contributed by atoms with Gasteiger partial charge < -0.3 is 5.32 Å². The van der Waals surface area contributed by atoms with Crippen LogP contribution in [0.25, 0.3) is 0 Å². The summed E-state index contributed by atoms with van der Waals surface area (Å²) in [6.45, 7) is 14.0. The van der Waals surface area contributed by atoms with E-state index >= 15 is 0 Å². The average molecular weight is 269 g/mol. The van der Waals surface area contributed by atoms with Gasteiger partial charge >= 0.3 is 0 Å². The maximum atomic E-state index is 11.7. The van der Waals surface area contributed by atoms with Gasteiger partial charge in [-0.1, -0.05) is 67.2 Å². The van der Waals surface area contributed by atoms with E-state index in [0.29, 0.717) is 12.3 Å². The van der Waals surface area contributed by atoms with Gasteiger partial charge in [-0.15, -0.1) is 0 Å². The second-order valence-corrected chi connectivity index (χ2v) is 7.47. The van der Waals surface area contributed by atoms with Crippen molar-refractivity contribution in [1.29, 1.82) is 0 Å². The van der Waals surface area contributed by atoms with Gasteiger partial charge in [-0.05, 0) is 23.7 Å². The van der Waals surface area contributed by atoms with Crippen LogP contribution in [0.5, 0.6) is 0 Å². The summed E-state index contributed by atoms with van der Waals surface area (Å²) in [5.74, 6) is 1.61. The highest BCUT2D eigenvalue weighted by Crippen LogP contribution is 2.19. The van der Waals surface area contributed by atoms with Crippen LogP contribution < -0.4 is 5.32 Å². The normalized spacial score (nSPS) is 15.1. The van der Waals surface area contributed by atoms with Gasteiger partial charge in [-0.3, -0.25) is 4.79 Å². The maximum absolute atomic E-state index is 11.7. The monoisotopic (exact) mass is 269 g/mol. The van der Waals surface area contributed by atoms with Crippen LogP contribution >= 0.6 is 0 Å². The number of amides is 1. The fourth-order valence-corrected chi connectivity index (χ4v) is 2.20. The van der Waals surface area contributed by atoms with E-state index in [-0.39, 0.29) is 11.3 Å². The molecule has 0 spiro atoms. The molecule has 0 saturated carbocycles. The Labute approximate surface area is 120 Å². The Kier molecular flexibility index (Phi) is 9.12. The largest absolute Gasteiger partial charge is 0.356 e. The maximum Gasteiger partial charge on any atom is 0.220 e. The van der Waals surface area contributed by atoms with Crippen molar-refractivity contribution in [2.24, 2.45) is 17.3 Å². The second-order valence-electron chi connectivity index (χ2n) is 7.47. The highest BCUT2D eigenvalue weighted by molar-refractivity contribution is 5.76. The zero-order chi connectivity index (χ0) is 14.9. The highest BCUT2D eigenvalue weighted by Gasteiger charge is 2.16. The molecule has 2 unspecified atom stereocenters. The van der Waals surface area contributed by atoms with E-state index in [0.717, 1.165) is 12.5 Å². The van der Waals surface area contributed by atoms with Gasteiger partial charge in [0.05, 0.1) is 0 Å². The van der Waals surface area contributed by atoms with Crippen molar-refractivity contribution in [1.82, 2.24) is 5.32 Å². The minimum Gasteiger partial charge on any atom is -0.356 e. The number of carbonyl (C=O) groups excluding carboxylic acids is 1. The first-order valence-corrected chi connectivity index (χ1v) is 8.01. The van der Waals surface area contributed by atoms with Crippen molar-refractivity contribution in [2.45, 2.75) is 80.1 Å². The lowest BCUT2D eigenvalue weighted by atomic mass is 9.91. The smallest absolute Gasteiger partial charge is 0.220 e. The van der Waals surface area contributed by atoms with Crippen molar-refractivity contribution in [3.63, 3.8) is 0 Å². The Balaban J connectivity index is 3.69. The van der Waals surface area contributed by atoms with Crippen LogP contribution in [-0.4, -0.2) is 12.5 Å². The molecule has 0 fully saturated rings. The van der Waals surface area contributed by atoms with Crippen molar-refractivity contribution < 1.29 is 4.79 Å². The molecule has 0 aromatic rings. The van der Waals surface area contributed by atoms with E-state index in [1.807, 2.05) is 0 Å². The van der Waals surface area contributed by atoms with Crippen molar-refractivity contribution in [3.8, 4) is 0 Å². The predicted molar refractivity (Wildman–Crippen MR) is 84.2 cm³/mol. The molecule has 19 heavy (non-hydrogen) atoms. The fourth-order valence-electron chi connectivity index (χ4n) is 2.20. The predicted octanol–water partition coefficient (Wildman–Crippen LogP) is 4.78. The molecule has 0 aliphatic rings. The Morgan fingerprint density at radius 3 is 2.16 bits per heavy atom. The Morgan fingerprint density at radius 1 is 1.05 bits per heavy atom. The third kappa shape index (κ3) is 12.3. The van der Waals surface area contributed by atoms with Gasteiger partial charge in [-0.2, -0.15) is 0 Å². The molecular formula is C17H35NO. The lowest BCUT2D eigenvalue weighted by molar-refractivity contribution is -0.122. The van der Waals surface area contributed by atoms with Gasteiger partial charge in [0.2, 0.25) is 5.91 Å². The molecule has 0 aliphatic carbocycles. The molecule has 0 aromatic heterocycles. The van der Waals surface area contributed by atoms with Crippen LogP contribution in [0.3, 0.4) is 0 Å². The lowest BCUT2D eigenvalue weighted by Gasteiger charge is -2.19. The summed E-state index contributed by atoms with van der Waals surface area (Å²) in [5, 5.41) is 3.07. The molecule has 2 heteroatoms. The van der Waals surface area contributed by atoms with E-state index in [9.17, 15) is 4.79 Å². The van der Waals surface area contributed by atoms with Crippen LogP contribution in [0.2, 0.25) is 0 Å². The third-order valence-corrected chi connectivity index (χ3v) is 3.54. The molecule has 1 N–H and O–H groups in total. The van der Waals surface area contributed by atoms with E-state index in [4.69, 9.17) is 0 Å². The first-order chi connectivity index (χ1) is 8.74. The summed E-state index contributed by atoms with van der Waals surface area (Å²) in [5.41, 5.74) is 0.0853. The number of hydrogen-bond acceptors (Lipinski definition) is 1. The molecule has 2 nitrogen and oxygen atoms in total. The molecule has 114 valence electrons. The summed E-state index contributed by atoms with van der Waals surface area (Å²) in [6.07, 6.45) is 7.11. The van der Waals surface area contributed by atoms with Crippen molar-refractivity contribution in [3.05, 3.63) is 0 Å². The van der Waals surface area contributed by atoms with Gasteiger partial charge in [-0.25, -0.2) is 0 Å². The number of hydrogen-bond donors (Lipinski definition) is 1. The van der Waals surface area contributed by atoms with E-state index < -0.39 is 0 Å². The third-order valence-electron chi connectivity index (χ3n) is 3.54. The summed E-state index contributed by atoms with van der Waals surface area (Å²) in [7, 11) is 0. The number of unbranched alkanes of at least 4 members (excludes halogenated alkanes) is 1. The standard InChI is InChI=1S/C17H35NO/c1-7-8-9-14(2)10-11-15(3)13-18-16(19)12-17(4,5)6/h14-15H,7-13H2,1-6H3,(H,18,19). The van der Waals surface area contributed by atoms with Crippen LogP contribution in [0.1, 0.15) is 80.1 Å². The molecule has 0 bridgehead atoms. The number of carbonyl (C=O) groups is 1. The molecule has 0 rings (SSSR count). The average Bonchev–Trinajstić information content (AvgIpc) is 2.29. The molecule has 0 aromatic carbocycles. The van der Waals surface area contributed by atoms with Gasteiger partial charge in [0.25, 0.3) is 0 Å². The minimum absolute atomic E-state index is 0.0853.